The lowest BCUT2D eigenvalue weighted by atomic mass is 9.89. The maximum absolute atomic E-state index is 12.4. The van der Waals surface area contributed by atoms with Crippen LogP contribution in [-0.4, -0.2) is 23.9 Å². The van der Waals surface area contributed by atoms with E-state index in [1.807, 2.05) is 25.1 Å². The Morgan fingerprint density at radius 2 is 2.17 bits per heavy atom. The fourth-order valence-corrected chi connectivity index (χ4v) is 3.32. The number of nitrogens with zero attached hydrogens (tertiary/aromatic N) is 1. The van der Waals surface area contributed by atoms with Gasteiger partial charge in [-0.15, -0.1) is 11.3 Å². The molecule has 0 bridgehead atoms. The third-order valence-corrected chi connectivity index (χ3v) is 4.44. The van der Waals surface area contributed by atoms with E-state index in [1.165, 1.54) is 0 Å². The Kier molecular flexibility index (Phi) is 3.14. The van der Waals surface area contributed by atoms with Crippen LogP contribution in [0.2, 0.25) is 0 Å². The summed E-state index contributed by atoms with van der Waals surface area (Å²) in [7, 11) is 0. The summed E-state index contributed by atoms with van der Waals surface area (Å²) < 4.78 is 1.16. The van der Waals surface area contributed by atoms with Gasteiger partial charge in [0.05, 0.1) is 15.2 Å². The summed E-state index contributed by atoms with van der Waals surface area (Å²) in [6.45, 7) is 3.90. The first-order valence-corrected chi connectivity index (χ1v) is 7.18. The molecule has 1 N–H and O–H groups in total. The zero-order valence-electron chi connectivity index (χ0n) is 10.4. The first kappa shape index (κ1) is 11.8. The number of carbonyl (C=O) groups is 1. The second-order valence-corrected chi connectivity index (χ2v) is 6.04. The van der Waals surface area contributed by atoms with Crippen molar-refractivity contribution >= 4 is 27.3 Å². The van der Waals surface area contributed by atoms with Crippen molar-refractivity contribution in [2.24, 2.45) is 5.92 Å². The lowest BCUT2D eigenvalue weighted by Crippen LogP contribution is -2.31. The smallest absolute Gasteiger partial charge is 0.166 e. The molecule has 0 unspecified atom stereocenters. The molecule has 0 atom stereocenters. The van der Waals surface area contributed by atoms with Crippen molar-refractivity contribution in [2.45, 2.75) is 19.8 Å². The molecule has 0 spiro atoms. The van der Waals surface area contributed by atoms with Crippen LogP contribution in [0.5, 0.6) is 0 Å². The van der Waals surface area contributed by atoms with Crippen LogP contribution >= 0.6 is 11.3 Å². The van der Waals surface area contributed by atoms with Crippen LogP contribution in [0, 0.1) is 12.8 Å². The largest absolute Gasteiger partial charge is 0.317 e. The molecule has 1 saturated heterocycles. The average molecular weight is 260 g/mol. The zero-order valence-corrected chi connectivity index (χ0v) is 11.2. The van der Waals surface area contributed by atoms with E-state index in [-0.39, 0.29) is 11.7 Å². The van der Waals surface area contributed by atoms with E-state index < -0.39 is 0 Å². The lowest BCUT2D eigenvalue weighted by Gasteiger charge is -2.21. The Morgan fingerprint density at radius 1 is 1.39 bits per heavy atom. The van der Waals surface area contributed by atoms with Gasteiger partial charge in [0.25, 0.3) is 0 Å². The monoisotopic (exact) mass is 260 g/mol. The lowest BCUT2D eigenvalue weighted by molar-refractivity contribution is 0.0895. The maximum atomic E-state index is 12.4. The molecule has 1 aromatic heterocycles. The van der Waals surface area contributed by atoms with E-state index in [0.717, 1.165) is 46.7 Å². The normalized spacial score (nSPS) is 17.2. The fraction of sp³-hybridized carbons (Fsp3) is 0.429. The van der Waals surface area contributed by atoms with Gasteiger partial charge in [0, 0.05) is 11.5 Å². The molecule has 3 nitrogen and oxygen atoms in total. The van der Waals surface area contributed by atoms with Gasteiger partial charge in [0.1, 0.15) is 0 Å². The maximum Gasteiger partial charge on any atom is 0.166 e. The third-order valence-electron chi connectivity index (χ3n) is 3.49. The quantitative estimate of drug-likeness (QED) is 0.844. The van der Waals surface area contributed by atoms with Crippen LogP contribution in [0.25, 0.3) is 10.2 Å². The average Bonchev–Trinajstić information content (AvgIpc) is 2.78. The molecule has 0 radical (unpaired) electrons. The minimum Gasteiger partial charge on any atom is -0.317 e. The molecule has 1 fully saturated rings. The van der Waals surface area contributed by atoms with E-state index in [0.29, 0.717) is 0 Å². The topological polar surface area (TPSA) is 42.0 Å². The van der Waals surface area contributed by atoms with Gasteiger partial charge in [0.15, 0.2) is 5.78 Å². The molecule has 94 valence electrons. The highest BCUT2D eigenvalue weighted by molar-refractivity contribution is 7.18. The number of carbonyl (C=O) groups excluding carboxylic acids is 1. The minimum atomic E-state index is 0.184. The SMILES string of the molecule is Cc1nc2cc(C(=O)C3CCNCC3)ccc2s1. The molecular weight excluding hydrogens is 244 g/mol. The number of ketones is 1. The summed E-state index contributed by atoms with van der Waals surface area (Å²) in [6, 6.07) is 5.92. The Bertz CT molecular complexity index is 584. The van der Waals surface area contributed by atoms with Crippen molar-refractivity contribution < 1.29 is 4.79 Å². The Morgan fingerprint density at radius 3 is 2.94 bits per heavy atom. The Balaban J connectivity index is 1.90. The van der Waals surface area contributed by atoms with E-state index >= 15 is 0 Å². The summed E-state index contributed by atoms with van der Waals surface area (Å²) in [5.74, 6) is 0.465. The summed E-state index contributed by atoms with van der Waals surface area (Å²) in [5.41, 5.74) is 1.77. The second kappa shape index (κ2) is 4.78. The van der Waals surface area contributed by atoms with E-state index in [4.69, 9.17) is 0 Å². The number of hydrogen-bond acceptors (Lipinski definition) is 4. The fourth-order valence-electron chi connectivity index (χ4n) is 2.52. The summed E-state index contributed by atoms with van der Waals surface area (Å²) in [5, 5.41) is 4.34. The molecule has 1 aliphatic heterocycles. The number of hydrogen-bond donors (Lipinski definition) is 1. The van der Waals surface area contributed by atoms with Gasteiger partial charge in [-0.1, -0.05) is 0 Å². The number of piperidine rings is 1. The van der Waals surface area contributed by atoms with Crippen LogP contribution < -0.4 is 5.32 Å². The number of aromatic nitrogens is 1. The third kappa shape index (κ3) is 2.18. The number of Topliss-reactive ketones (excluding diaryl/α,β-unsaturated/α-hetero) is 1. The van der Waals surface area contributed by atoms with Gasteiger partial charge in [-0.25, -0.2) is 4.98 Å². The van der Waals surface area contributed by atoms with Gasteiger partial charge >= 0.3 is 0 Å². The van der Waals surface area contributed by atoms with Gasteiger partial charge in [-0.3, -0.25) is 4.79 Å². The van der Waals surface area contributed by atoms with Crippen molar-refractivity contribution in [3.63, 3.8) is 0 Å². The molecule has 18 heavy (non-hydrogen) atoms. The van der Waals surface area contributed by atoms with Crippen molar-refractivity contribution in [3.8, 4) is 0 Å². The number of aryl methyl sites for hydroxylation is 1. The van der Waals surface area contributed by atoms with Gasteiger partial charge in [-0.05, 0) is 51.1 Å². The second-order valence-electron chi connectivity index (χ2n) is 4.80. The van der Waals surface area contributed by atoms with Crippen LogP contribution in [0.15, 0.2) is 18.2 Å². The molecule has 3 rings (SSSR count). The molecule has 0 saturated carbocycles. The first-order valence-electron chi connectivity index (χ1n) is 6.36. The standard InChI is InChI=1S/C14H16N2OS/c1-9-16-12-8-11(2-3-13(12)18-9)14(17)10-4-6-15-7-5-10/h2-3,8,10,15H,4-7H2,1H3. The van der Waals surface area contributed by atoms with Gasteiger partial charge < -0.3 is 5.32 Å². The van der Waals surface area contributed by atoms with Crippen LogP contribution in [0.1, 0.15) is 28.2 Å². The van der Waals surface area contributed by atoms with Crippen molar-refractivity contribution in [1.29, 1.82) is 0 Å². The number of nitrogens with one attached hydrogen (secondary N) is 1. The Labute approximate surface area is 110 Å². The highest BCUT2D eigenvalue weighted by Crippen LogP contribution is 2.25. The van der Waals surface area contributed by atoms with Crippen molar-refractivity contribution in [3.05, 3.63) is 28.8 Å². The Hall–Kier alpha value is -1.26. The molecule has 2 aromatic rings. The van der Waals surface area contributed by atoms with Crippen LogP contribution in [0.3, 0.4) is 0 Å². The molecule has 1 aromatic carbocycles. The van der Waals surface area contributed by atoms with E-state index in [2.05, 4.69) is 10.3 Å². The van der Waals surface area contributed by atoms with E-state index in [9.17, 15) is 4.79 Å². The summed E-state index contributed by atoms with van der Waals surface area (Å²) >= 11 is 1.68. The predicted molar refractivity (Wildman–Crippen MR) is 74.3 cm³/mol. The molecule has 0 amide bonds. The number of fused-ring (bicyclic) bond motifs is 1. The highest BCUT2D eigenvalue weighted by atomic mass is 32.1. The first-order chi connectivity index (χ1) is 8.74. The van der Waals surface area contributed by atoms with Crippen molar-refractivity contribution in [1.82, 2.24) is 10.3 Å². The molecule has 4 heteroatoms. The predicted octanol–water partition coefficient (Wildman–Crippen LogP) is 2.79. The zero-order chi connectivity index (χ0) is 12.5. The highest BCUT2D eigenvalue weighted by Gasteiger charge is 2.22. The van der Waals surface area contributed by atoms with Gasteiger partial charge in [-0.2, -0.15) is 0 Å². The molecular formula is C14H16N2OS. The number of benzene rings is 1. The van der Waals surface area contributed by atoms with Crippen molar-refractivity contribution in [2.75, 3.05) is 13.1 Å². The number of rotatable bonds is 2. The summed E-state index contributed by atoms with van der Waals surface area (Å²) in [4.78, 5) is 16.9. The molecule has 2 heterocycles. The summed E-state index contributed by atoms with van der Waals surface area (Å²) in [6.07, 6.45) is 1.90. The van der Waals surface area contributed by atoms with E-state index in [1.54, 1.807) is 11.3 Å². The van der Waals surface area contributed by atoms with Gasteiger partial charge in [0.2, 0.25) is 0 Å². The molecule has 1 aliphatic rings. The molecule has 0 aliphatic carbocycles. The minimum absolute atomic E-state index is 0.184. The van der Waals surface area contributed by atoms with Crippen LogP contribution in [-0.2, 0) is 0 Å². The van der Waals surface area contributed by atoms with Crippen LogP contribution in [0.4, 0.5) is 0 Å². The number of thiazole rings is 1.